The van der Waals surface area contributed by atoms with Crippen molar-refractivity contribution in [2.45, 2.75) is 89.3 Å². The number of nitrogens with zero attached hydrogens (tertiary/aromatic N) is 4. The number of likely N-dealkylation sites (tertiary alicyclic amines) is 2. The van der Waals surface area contributed by atoms with Crippen molar-refractivity contribution >= 4 is 29.2 Å². The molecule has 2 saturated heterocycles. The third-order valence-electron chi connectivity index (χ3n) is 9.36. The van der Waals surface area contributed by atoms with Crippen LogP contribution in [0.1, 0.15) is 83.1 Å². The van der Waals surface area contributed by atoms with Crippen molar-refractivity contribution in [3.05, 3.63) is 106 Å². The quantitative estimate of drug-likeness (QED) is 0.158. The molecule has 4 heterocycles. The van der Waals surface area contributed by atoms with Gasteiger partial charge >= 0.3 is 6.09 Å². The van der Waals surface area contributed by atoms with Gasteiger partial charge in [0.15, 0.2) is 0 Å². The van der Waals surface area contributed by atoms with Crippen molar-refractivity contribution in [1.82, 2.24) is 25.1 Å². The van der Waals surface area contributed by atoms with Crippen molar-refractivity contribution in [2.75, 3.05) is 19.7 Å². The van der Waals surface area contributed by atoms with Crippen molar-refractivity contribution in [3.8, 4) is 11.5 Å². The lowest BCUT2D eigenvalue weighted by atomic mass is 9.94. The lowest BCUT2D eigenvalue weighted by molar-refractivity contribution is -0.00213. The maximum absolute atomic E-state index is 14.3. The number of aliphatic hydroxyl groups is 1. The van der Waals surface area contributed by atoms with Gasteiger partial charge in [-0.1, -0.05) is 36.4 Å². The molecule has 2 aromatic carbocycles. The number of carbonyl (C=O) groups excluding carboxylic acids is 3. The lowest BCUT2D eigenvalue weighted by Gasteiger charge is -2.34. The monoisotopic (exact) mass is 741 g/mol. The number of ether oxygens (including phenoxy) is 2. The van der Waals surface area contributed by atoms with E-state index in [1.807, 2.05) is 47.5 Å². The molecule has 2 aliphatic rings. The molecule has 0 saturated carbocycles. The summed E-state index contributed by atoms with van der Waals surface area (Å²) < 4.78 is 17.3. The Labute approximate surface area is 313 Å². The van der Waals surface area contributed by atoms with E-state index in [0.29, 0.717) is 24.1 Å². The topological polar surface area (TPSA) is 147 Å². The fraction of sp³-hybridized carbons (Fsp3) is 0.425. The number of aliphatic hydroxyl groups excluding tert-OH is 1. The minimum atomic E-state index is -1.22. The van der Waals surface area contributed by atoms with Gasteiger partial charge in [-0.05, 0) is 77.1 Å². The molecular formula is C40H47N5O7S. The highest BCUT2D eigenvalue weighted by Crippen LogP contribution is 2.36. The molecule has 4 aromatic rings. The van der Waals surface area contributed by atoms with E-state index in [0.717, 1.165) is 29.1 Å². The van der Waals surface area contributed by atoms with Crippen molar-refractivity contribution < 1.29 is 33.4 Å². The van der Waals surface area contributed by atoms with Gasteiger partial charge in [0.2, 0.25) is 5.89 Å². The first kappa shape index (κ1) is 37.9. The summed E-state index contributed by atoms with van der Waals surface area (Å²) in [6.45, 7) is 12.1. The van der Waals surface area contributed by atoms with E-state index >= 15 is 0 Å². The van der Waals surface area contributed by atoms with Gasteiger partial charge in [-0.3, -0.25) is 14.5 Å². The summed E-state index contributed by atoms with van der Waals surface area (Å²) in [5.74, 6) is -0.483. The zero-order valence-corrected chi connectivity index (χ0v) is 31.4. The Bertz CT molecular complexity index is 1890. The van der Waals surface area contributed by atoms with Crippen LogP contribution < -0.4 is 5.32 Å². The van der Waals surface area contributed by atoms with E-state index in [9.17, 15) is 19.5 Å². The highest BCUT2D eigenvalue weighted by molar-refractivity contribution is 7.09. The second kappa shape index (κ2) is 16.4. The maximum Gasteiger partial charge on any atom is 0.410 e. The van der Waals surface area contributed by atoms with Crippen LogP contribution in [0.2, 0.25) is 0 Å². The Kier molecular flexibility index (Phi) is 11.8. The summed E-state index contributed by atoms with van der Waals surface area (Å²) in [6, 6.07) is 12.6. The zero-order chi connectivity index (χ0) is 37.7. The molecule has 12 nitrogen and oxygen atoms in total. The van der Waals surface area contributed by atoms with E-state index < -0.39 is 35.8 Å². The van der Waals surface area contributed by atoms with Gasteiger partial charge in [-0.25, -0.2) is 14.8 Å². The minimum absolute atomic E-state index is 0.159. The summed E-state index contributed by atoms with van der Waals surface area (Å²) in [5.41, 5.74) is 1.98. The lowest BCUT2D eigenvalue weighted by Crippen LogP contribution is -2.54. The van der Waals surface area contributed by atoms with Gasteiger partial charge in [-0.15, -0.1) is 17.9 Å². The Morgan fingerprint density at radius 3 is 2.60 bits per heavy atom. The largest absolute Gasteiger partial charge is 0.445 e. The standard InChI is InChI=1S/C40H47N5O7S/c1-6-16-50-30-22-33(45(23-30)39(49)52-40(3,4)5)34(46)31(18-26-11-8-7-9-12-26)43-35(47)27-19-28(36-41-14-17-51-36)21-29(20-27)38(48)44-15-10-13-32(44)37-42-25(2)24-53-37/h6-9,11-12,14,17,19-21,24,30-34,46H,1,10,13,15-16,18,22-23H2,2-5H3,(H,43,47)/t30-,31+,32-,33-,34+/m1/s1. The third-order valence-corrected chi connectivity index (χ3v) is 10.4. The zero-order valence-electron chi connectivity index (χ0n) is 30.6. The predicted molar refractivity (Wildman–Crippen MR) is 200 cm³/mol. The molecule has 13 heteroatoms. The number of oxazole rings is 1. The van der Waals surface area contributed by atoms with Crippen LogP contribution in [0, 0.1) is 6.92 Å². The Morgan fingerprint density at radius 2 is 1.92 bits per heavy atom. The molecule has 0 bridgehead atoms. The summed E-state index contributed by atoms with van der Waals surface area (Å²) in [4.78, 5) is 54.2. The van der Waals surface area contributed by atoms with Crippen LogP contribution in [-0.2, 0) is 15.9 Å². The molecule has 3 amide bonds. The fourth-order valence-electron chi connectivity index (χ4n) is 6.98. The van der Waals surface area contributed by atoms with Crippen LogP contribution in [0.25, 0.3) is 11.5 Å². The van der Waals surface area contributed by atoms with Crippen molar-refractivity contribution in [2.24, 2.45) is 0 Å². The van der Waals surface area contributed by atoms with Crippen LogP contribution in [-0.4, -0.2) is 92.4 Å². The number of aryl methyl sites for hydroxylation is 1. The van der Waals surface area contributed by atoms with Crippen LogP contribution in [0.4, 0.5) is 4.79 Å². The Hall–Kier alpha value is -4.85. The number of carbonyl (C=O) groups is 3. The second-order valence-corrected chi connectivity index (χ2v) is 15.4. The number of hydrogen-bond donors (Lipinski definition) is 2. The number of aromatic nitrogens is 2. The molecule has 0 spiro atoms. The summed E-state index contributed by atoms with van der Waals surface area (Å²) in [7, 11) is 0. The van der Waals surface area contributed by atoms with Crippen LogP contribution in [0.5, 0.6) is 0 Å². The van der Waals surface area contributed by atoms with Gasteiger partial charge in [-0.2, -0.15) is 0 Å². The summed E-state index contributed by atoms with van der Waals surface area (Å²) in [6.07, 6.45) is 4.62. The maximum atomic E-state index is 14.3. The van der Waals surface area contributed by atoms with Gasteiger partial charge in [0.05, 0.1) is 49.7 Å². The van der Waals surface area contributed by atoms with Crippen LogP contribution in [0.3, 0.4) is 0 Å². The summed E-state index contributed by atoms with van der Waals surface area (Å²) >= 11 is 1.54. The average Bonchev–Trinajstić information content (AvgIpc) is 3.97. The van der Waals surface area contributed by atoms with Crippen molar-refractivity contribution in [1.29, 1.82) is 0 Å². The van der Waals surface area contributed by atoms with Crippen LogP contribution in [0.15, 0.2) is 83.4 Å². The fourth-order valence-corrected chi connectivity index (χ4v) is 7.92. The highest BCUT2D eigenvalue weighted by Gasteiger charge is 2.44. The molecule has 2 fully saturated rings. The van der Waals surface area contributed by atoms with E-state index in [4.69, 9.17) is 13.9 Å². The number of rotatable bonds is 12. The normalized spacial score (nSPS) is 19.9. The molecule has 2 aliphatic heterocycles. The molecule has 2 aromatic heterocycles. The van der Waals surface area contributed by atoms with E-state index in [-0.39, 0.29) is 49.1 Å². The van der Waals surface area contributed by atoms with Gasteiger partial charge in [0.25, 0.3) is 11.8 Å². The molecule has 280 valence electrons. The Balaban J connectivity index is 1.32. The van der Waals surface area contributed by atoms with Crippen LogP contribution >= 0.6 is 11.3 Å². The van der Waals surface area contributed by atoms with E-state index in [2.05, 4.69) is 21.9 Å². The molecule has 0 unspecified atom stereocenters. The van der Waals surface area contributed by atoms with Gasteiger partial charge in [0, 0.05) is 34.3 Å². The van der Waals surface area contributed by atoms with Gasteiger partial charge < -0.3 is 29.2 Å². The second-order valence-electron chi connectivity index (χ2n) is 14.6. The number of nitrogens with one attached hydrogen (secondary N) is 1. The predicted octanol–water partition coefficient (Wildman–Crippen LogP) is 6.37. The first-order valence-corrected chi connectivity index (χ1v) is 18.8. The average molecular weight is 742 g/mol. The third kappa shape index (κ3) is 9.21. The molecule has 5 atom stereocenters. The number of benzene rings is 2. The van der Waals surface area contributed by atoms with Crippen molar-refractivity contribution in [3.63, 3.8) is 0 Å². The van der Waals surface area contributed by atoms with E-state index in [1.54, 1.807) is 45.0 Å². The number of amides is 3. The molecule has 53 heavy (non-hydrogen) atoms. The highest BCUT2D eigenvalue weighted by atomic mass is 32.1. The molecular weight excluding hydrogens is 695 g/mol. The first-order chi connectivity index (χ1) is 25.4. The van der Waals surface area contributed by atoms with E-state index in [1.165, 1.54) is 28.7 Å². The number of hydrogen-bond acceptors (Lipinski definition) is 10. The Morgan fingerprint density at radius 1 is 1.15 bits per heavy atom. The smallest absolute Gasteiger partial charge is 0.410 e. The molecule has 2 N–H and O–H groups in total. The SMILES string of the molecule is C=CCO[C@@H]1C[C@H]([C@@H](O)[C@H](Cc2ccccc2)NC(=O)c2cc(C(=O)N3CCC[C@@H]3c3nc(C)cs3)cc(-c3ncco3)c2)N(C(=O)OC(C)(C)C)C1. The van der Waals surface area contributed by atoms with Gasteiger partial charge in [0.1, 0.15) is 16.9 Å². The summed E-state index contributed by atoms with van der Waals surface area (Å²) in [5, 5.41) is 18.1. The molecule has 0 aliphatic carbocycles. The molecule has 0 radical (unpaired) electrons. The number of thiazole rings is 1. The first-order valence-electron chi connectivity index (χ1n) is 17.9. The molecule has 6 rings (SSSR count). The minimum Gasteiger partial charge on any atom is -0.445 e.